The fourth-order valence-electron chi connectivity index (χ4n) is 4.33. The van der Waals surface area contributed by atoms with Gasteiger partial charge in [-0.2, -0.15) is 5.10 Å². The molecule has 0 saturated carbocycles. The Morgan fingerprint density at radius 1 is 1.18 bits per heavy atom. The highest BCUT2D eigenvalue weighted by molar-refractivity contribution is 7.07. The minimum absolute atomic E-state index is 0.195. The molecule has 0 aliphatic carbocycles. The predicted octanol–water partition coefficient (Wildman–Crippen LogP) is 2.47. The Labute approximate surface area is 202 Å². The van der Waals surface area contributed by atoms with Crippen molar-refractivity contribution < 1.29 is 9.53 Å². The van der Waals surface area contributed by atoms with E-state index in [2.05, 4.69) is 28.8 Å². The lowest BCUT2D eigenvalue weighted by Crippen LogP contribution is -2.39. The van der Waals surface area contributed by atoms with Crippen LogP contribution in [0.25, 0.3) is 6.08 Å². The van der Waals surface area contributed by atoms with E-state index in [0.29, 0.717) is 27.1 Å². The maximum absolute atomic E-state index is 13.6. The third-order valence-corrected chi connectivity index (χ3v) is 7.08. The van der Waals surface area contributed by atoms with Crippen LogP contribution in [0.4, 0.5) is 5.69 Å². The van der Waals surface area contributed by atoms with Gasteiger partial charge in [-0.1, -0.05) is 23.5 Å². The van der Waals surface area contributed by atoms with Crippen LogP contribution in [0.1, 0.15) is 45.0 Å². The van der Waals surface area contributed by atoms with Gasteiger partial charge in [-0.05, 0) is 57.5 Å². The third kappa shape index (κ3) is 4.11. The Bertz CT molecular complexity index is 1410. The number of hydrogen-bond donors (Lipinski definition) is 0. The maximum Gasteiger partial charge on any atom is 0.338 e. The zero-order valence-electron chi connectivity index (χ0n) is 20.1. The number of ether oxygens (including phenoxy) is 1. The molecule has 0 saturated heterocycles. The summed E-state index contributed by atoms with van der Waals surface area (Å²) in [4.78, 5) is 33.8. The number of benzene rings is 1. The summed E-state index contributed by atoms with van der Waals surface area (Å²) in [7, 11) is 1.35. The lowest BCUT2D eigenvalue weighted by atomic mass is 9.95. The summed E-state index contributed by atoms with van der Waals surface area (Å²) in [5, 5.41) is 4.28. The van der Waals surface area contributed by atoms with Crippen LogP contribution in [0.5, 0.6) is 0 Å². The molecule has 1 aliphatic heterocycles. The van der Waals surface area contributed by atoms with Gasteiger partial charge in [0.15, 0.2) is 4.80 Å². The van der Waals surface area contributed by atoms with Crippen LogP contribution in [0.2, 0.25) is 0 Å². The van der Waals surface area contributed by atoms with Crippen LogP contribution >= 0.6 is 11.3 Å². The average molecular weight is 480 g/mol. The number of fused-ring (bicyclic) bond motifs is 1. The van der Waals surface area contributed by atoms with Gasteiger partial charge in [0.05, 0.1) is 34.6 Å². The number of esters is 1. The topological polar surface area (TPSA) is 81.7 Å². The van der Waals surface area contributed by atoms with Gasteiger partial charge in [-0.3, -0.25) is 14.0 Å². The van der Waals surface area contributed by atoms with Crippen LogP contribution < -0.4 is 19.8 Å². The Morgan fingerprint density at radius 3 is 2.50 bits per heavy atom. The fourth-order valence-corrected chi connectivity index (χ4v) is 5.36. The summed E-state index contributed by atoms with van der Waals surface area (Å²) >= 11 is 1.31. The standard InChI is InChI=1S/C25H29N5O3S/c1-6-28(7-2)18-11-9-17(10-12-18)22-21(24(32)33-5)16(4)27-25-30(22)23(31)20(34-25)15-19-13-14-26-29(19)8-3/h9-15,22H,6-8H2,1-5H3/b20-15+/t22-/m1/s1. The second kappa shape index (κ2) is 9.80. The first-order valence-electron chi connectivity index (χ1n) is 11.4. The fraction of sp³-hybridized carbons (Fsp3) is 0.360. The molecular weight excluding hydrogens is 450 g/mol. The highest BCUT2D eigenvalue weighted by Gasteiger charge is 2.33. The summed E-state index contributed by atoms with van der Waals surface area (Å²) in [6, 6.07) is 9.26. The van der Waals surface area contributed by atoms with Gasteiger partial charge in [-0.25, -0.2) is 9.79 Å². The molecule has 0 unspecified atom stereocenters. The van der Waals surface area contributed by atoms with Crippen LogP contribution in [0.3, 0.4) is 0 Å². The van der Waals surface area contributed by atoms with Crippen molar-refractivity contribution in [1.29, 1.82) is 0 Å². The van der Waals surface area contributed by atoms with Crippen molar-refractivity contribution in [2.24, 2.45) is 4.99 Å². The second-order valence-corrected chi connectivity index (χ2v) is 8.92. The number of aromatic nitrogens is 3. The summed E-state index contributed by atoms with van der Waals surface area (Å²) in [6.45, 7) is 10.5. The highest BCUT2D eigenvalue weighted by atomic mass is 32.1. The predicted molar refractivity (Wildman–Crippen MR) is 134 cm³/mol. The largest absolute Gasteiger partial charge is 0.466 e. The van der Waals surface area contributed by atoms with E-state index in [1.807, 2.05) is 48.0 Å². The van der Waals surface area contributed by atoms with Gasteiger partial charge in [0.2, 0.25) is 0 Å². The summed E-state index contributed by atoms with van der Waals surface area (Å²) in [5.41, 5.74) is 3.49. The van der Waals surface area contributed by atoms with Gasteiger partial charge >= 0.3 is 5.97 Å². The van der Waals surface area contributed by atoms with Crippen molar-refractivity contribution in [3.8, 4) is 0 Å². The molecule has 178 valence electrons. The number of aryl methyl sites for hydroxylation is 1. The smallest absolute Gasteiger partial charge is 0.338 e. The molecule has 8 nitrogen and oxygen atoms in total. The van der Waals surface area contributed by atoms with E-state index in [4.69, 9.17) is 4.74 Å². The molecule has 34 heavy (non-hydrogen) atoms. The van der Waals surface area contributed by atoms with E-state index >= 15 is 0 Å². The van der Waals surface area contributed by atoms with Crippen LogP contribution in [0.15, 0.2) is 57.6 Å². The van der Waals surface area contributed by atoms with Crippen molar-refractivity contribution in [2.75, 3.05) is 25.1 Å². The number of carbonyl (C=O) groups is 1. The summed E-state index contributed by atoms with van der Waals surface area (Å²) < 4.78 is 9.06. The number of rotatable bonds is 7. The van der Waals surface area contributed by atoms with E-state index in [-0.39, 0.29) is 5.56 Å². The molecule has 0 spiro atoms. The van der Waals surface area contributed by atoms with E-state index in [1.54, 1.807) is 17.7 Å². The minimum Gasteiger partial charge on any atom is -0.466 e. The molecule has 9 heteroatoms. The Kier molecular flexibility index (Phi) is 6.83. The van der Waals surface area contributed by atoms with Crippen molar-refractivity contribution in [1.82, 2.24) is 14.3 Å². The molecule has 1 aromatic carbocycles. The molecule has 1 atom stereocenters. The van der Waals surface area contributed by atoms with Crippen molar-refractivity contribution in [2.45, 2.75) is 40.3 Å². The lowest BCUT2D eigenvalue weighted by molar-refractivity contribution is -0.136. The molecule has 1 aliphatic rings. The van der Waals surface area contributed by atoms with Crippen LogP contribution in [0, 0.1) is 0 Å². The molecule has 0 radical (unpaired) electrons. The highest BCUT2D eigenvalue weighted by Crippen LogP contribution is 2.31. The quantitative estimate of drug-likeness (QED) is 0.487. The first-order chi connectivity index (χ1) is 16.4. The number of nitrogens with zero attached hydrogens (tertiary/aromatic N) is 5. The van der Waals surface area contributed by atoms with Crippen molar-refractivity contribution in [3.05, 3.63) is 78.7 Å². The minimum atomic E-state index is -0.618. The van der Waals surface area contributed by atoms with Crippen molar-refractivity contribution >= 4 is 29.1 Å². The van der Waals surface area contributed by atoms with E-state index in [1.165, 1.54) is 18.4 Å². The Morgan fingerprint density at radius 2 is 1.88 bits per heavy atom. The molecule has 3 aromatic rings. The lowest BCUT2D eigenvalue weighted by Gasteiger charge is -2.26. The molecule has 2 aromatic heterocycles. The van der Waals surface area contributed by atoms with Gasteiger partial charge in [0, 0.05) is 31.5 Å². The monoisotopic (exact) mass is 479 g/mol. The summed E-state index contributed by atoms with van der Waals surface area (Å²) in [5.74, 6) is -0.489. The van der Waals surface area contributed by atoms with Gasteiger partial charge in [-0.15, -0.1) is 0 Å². The molecular formula is C25H29N5O3S. The van der Waals surface area contributed by atoms with Gasteiger partial charge in [0.25, 0.3) is 5.56 Å². The average Bonchev–Trinajstić information content (AvgIpc) is 3.42. The third-order valence-electron chi connectivity index (χ3n) is 6.09. The van der Waals surface area contributed by atoms with Gasteiger partial charge < -0.3 is 9.64 Å². The van der Waals surface area contributed by atoms with Crippen LogP contribution in [-0.4, -0.2) is 40.5 Å². The van der Waals surface area contributed by atoms with Gasteiger partial charge in [0.1, 0.15) is 0 Å². The number of carbonyl (C=O) groups excluding carboxylic acids is 1. The molecule has 3 heterocycles. The zero-order valence-corrected chi connectivity index (χ0v) is 20.9. The number of thiazole rings is 1. The summed E-state index contributed by atoms with van der Waals surface area (Å²) in [6.07, 6.45) is 3.55. The molecule has 0 N–H and O–H groups in total. The first kappa shape index (κ1) is 23.7. The first-order valence-corrected chi connectivity index (χ1v) is 12.2. The SMILES string of the molecule is CCN(CC)c1ccc([C@@H]2C(C(=O)OC)=C(C)N=c3s/c(=C/c4ccnn4CC)c(=O)n32)cc1. The molecule has 0 bridgehead atoms. The molecule has 4 rings (SSSR count). The van der Waals surface area contributed by atoms with E-state index < -0.39 is 12.0 Å². The number of hydrogen-bond acceptors (Lipinski definition) is 7. The zero-order chi connectivity index (χ0) is 24.4. The molecule has 0 fully saturated rings. The molecule has 0 amide bonds. The van der Waals surface area contributed by atoms with Crippen LogP contribution in [-0.2, 0) is 16.1 Å². The number of allylic oxidation sites excluding steroid dienone is 1. The Balaban J connectivity index is 1.91. The van der Waals surface area contributed by atoms with E-state index in [0.717, 1.165) is 30.0 Å². The second-order valence-electron chi connectivity index (χ2n) is 7.91. The normalized spacial score (nSPS) is 15.8. The Hall–Kier alpha value is -3.46. The number of anilines is 1. The number of methoxy groups -OCH3 is 1. The van der Waals surface area contributed by atoms with Crippen molar-refractivity contribution in [3.63, 3.8) is 0 Å². The van der Waals surface area contributed by atoms with E-state index in [9.17, 15) is 9.59 Å². The maximum atomic E-state index is 13.6.